The van der Waals surface area contributed by atoms with Crippen LogP contribution in [0.1, 0.15) is 37.0 Å². The molecule has 1 aliphatic rings. The lowest BCUT2D eigenvalue weighted by Crippen LogP contribution is -2.47. The predicted molar refractivity (Wildman–Crippen MR) is 76.1 cm³/mol. The van der Waals surface area contributed by atoms with Gasteiger partial charge in [0.05, 0.1) is 5.56 Å². The molecule has 2 heterocycles. The number of piperidine rings is 1. The quantitative estimate of drug-likeness (QED) is 0.861. The van der Waals surface area contributed by atoms with Gasteiger partial charge in [0.25, 0.3) is 5.91 Å². The van der Waals surface area contributed by atoms with E-state index in [4.69, 9.17) is 0 Å². The lowest BCUT2D eigenvalue weighted by Gasteiger charge is -2.33. The number of hydrogen-bond donors (Lipinski definition) is 1. The first-order chi connectivity index (χ1) is 9.99. The van der Waals surface area contributed by atoms with Gasteiger partial charge >= 0.3 is 0 Å². The van der Waals surface area contributed by atoms with Crippen molar-refractivity contribution < 1.29 is 14.0 Å². The average Bonchev–Trinajstić information content (AvgIpc) is 2.47. The minimum atomic E-state index is -0.762. The van der Waals surface area contributed by atoms with Crippen LogP contribution in [0.25, 0.3) is 0 Å². The van der Waals surface area contributed by atoms with Crippen molar-refractivity contribution in [2.24, 2.45) is 5.92 Å². The molecule has 0 spiro atoms. The Labute approximate surface area is 123 Å². The van der Waals surface area contributed by atoms with Gasteiger partial charge in [-0.05, 0) is 25.0 Å². The molecule has 1 N–H and O–H groups in total. The van der Waals surface area contributed by atoms with Crippen LogP contribution in [0.2, 0.25) is 0 Å². The Bertz CT molecular complexity index is 525. The van der Waals surface area contributed by atoms with E-state index in [0.717, 1.165) is 0 Å². The van der Waals surface area contributed by atoms with E-state index in [0.29, 0.717) is 25.9 Å². The molecule has 21 heavy (non-hydrogen) atoms. The third kappa shape index (κ3) is 3.77. The summed E-state index contributed by atoms with van der Waals surface area (Å²) in [5, 5.41) is 2.81. The van der Waals surface area contributed by atoms with Gasteiger partial charge in [-0.25, -0.2) is 4.98 Å². The summed E-state index contributed by atoms with van der Waals surface area (Å²) in [6.07, 6.45) is 2.68. The summed E-state index contributed by atoms with van der Waals surface area (Å²) in [5.41, 5.74) is -0.0433. The molecule has 2 rings (SSSR count). The average molecular weight is 293 g/mol. The molecule has 0 radical (unpaired) electrons. The number of aromatic nitrogens is 1. The predicted octanol–water partition coefficient (Wildman–Crippen LogP) is 1.60. The lowest BCUT2D eigenvalue weighted by molar-refractivity contribution is -0.135. The number of rotatable bonds is 3. The van der Waals surface area contributed by atoms with Crippen molar-refractivity contribution in [1.29, 1.82) is 0 Å². The molecular formula is C15H20FN3O2. The molecule has 5 nitrogen and oxygen atoms in total. The minimum absolute atomic E-state index is 0.0133. The lowest BCUT2D eigenvalue weighted by atomic mass is 10.0. The monoisotopic (exact) mass is 293 g/mol. The number of nitrogens with one attached hydrogen (secondary N) is 1. The van der Waals surface area contributed by atoms with Crippen molar-refractivity contribution in [2.45, 2.75) is 32.7 Å². The maximum absolute atomic E-state index is 13.4. The molecule has 1 aromatic rings. The summed E-state index contributed by atoms with van der Waals surface area (Å²) in [7, 11) is 0. The van der Waals surface area contributed by atoms with Gasteiger partial charge in [0, 0.05) is 31.2 Å². The third-order valence-electron chi connectivity index (χ3n) is 3.64. The smallest absolute Gasteiger partial charge is 0.256 e. The van der Waals surface area contributed by atoms with E-state index < -0.39 is 11.9 Å². The van der Waals surface area contributed by atoms with Gasteiger partial charge in [0.15, 0.2) is 0 Å². The minimum Gasteiger partial charge on any atom is -0.349 e. The van der Waals surface area contributed by atoms with Crippen LogP contribution in [-0.2, 0) is 4.79 Å². The zero-order chi connectivity index (χ0) is 15.4. The Kier molecular flexibility index (Phi) is 4.88. The summed E-state index contributed by atoms with van der Waals surface area (Å²) < 4.78 is 13.4. The molecule has 1 saturated heterocycles. The Morgan fingerprint density at radius 1 is 1.38 bits per heavy atom. The third-order valence-corrected chi connectivity index (χ3v) is 3.64. The largest absolute Gasteiger partial charge is 0.349 e. The van der Waals surface area contributed by atoms with Gasteiger partial charge in [-0.2, -0.15) is 4.39 Å². The molecule has 0 unspecified atom stereocenters. The number of amides is 2. The number of hydrogen-bond acceptors (Lipinski definition) is 3. The van der Waals surface area contributed by atoms with Crippen LogP contribution < -0.4 is 5.32 Å². The summed E-state index contributed by atoms with van der Waals surface area (Å²) >= 11 is 0. The maximum atomic E-state index is 13.4. The normalized spacial score (nSPS) is 16.1. The number of likely N-dealkylation sites (tertiary alicyclic amines) is 1. The number of nitrogens with zero attached hydrogens (tertiary/aromatic N) is 2. The van der Waals surface area contributed by atoms with Crippen molar-refractivity contribution in [3.05, 3.63) is 29.8 Å². The van der Waals surface area contributed by atoms with Crippen LogP contribution in [0, 0.1) is 11.9 Å². The zero-order valence-electron chi connectivity index (χ0n) is 12.3. The van der Waals surface area contributed by atoms with E-state index in [2.05, 4.69) is 10.3 Å². The van der Waals surface area contributed by atoms with E-state index in [1.807, 2.05) is 18.7 Å². The van der Waals surface area contributed by atoms with Gasteiger partial charge in [0.2, 0.25) is 11.9 Å². The van der Waals surface area contributed by atoms with E-state index in [9.17, 15) is 14.0 Å². The van der Waals surface area contributed by atoms with E-state index in [-0.39, 0.29) is 23.4 Å². The molecule has 0 bridgehead atoms. The Morgan fingerprint density at radius 2 is 2.05 bits per heavy atom. The molecule has 1 fully saturated rings. The van der Waals surface area contributed by atoms with Crippen molar-refractivity contribution in [1.82, 2.24) is 15.2 Å². The van der Waals surface area contributed by atoms with Gasteiger partial charge in [0.1, 0.15) is 0 Å². The topological polar surface area (TPSA) is 62.3 Å². The molecule has 2 amide bonds. The van der Waals surface area contributed by atoms with Crippen LogP contribution in [0.5, 0.6) is 0 Å². The van der Waals surface area contributed by atoms with E-state index >= 15 is 0 Å². The van der Waals surface area contributed by atoms with E-state index in [1.54, 1.807) is 0 Å². The Hall–Kier alpha value is -1.98. The summed E-state index contributed by atoms with van der Waals surface area (Å²) in [5.74, 6) is -1.09. The first-order valence-electron chi connectivity index (χ1n) is 7.19. The molecule has 1 aromatic heterocycles. The van der Waals surface area contributed by atoms with Gasteiger partial charge in [-0.15, -0.1) is 0 Å². The second-order valence-electron chi connectivity index (χ2n) is 5.57. The molecule has 114 valence electrons. The van der Waals surface area contributed by atoms with Gasteiger partial charge < -0.3 is 10.2 Å². The first-order valence-corrected chi connectivity index (χ1v) is 7.19. The zero-order valence-corrected chi connectivity index (χ0v) is 12.3. The number of carbonyl (C=O) groups is 2. The molecule has 0 aliphatic carbocycles. The van der Waals surface area contributed by atoms with Crippen LogP contribution in [0.3, 0.4) is 0 Å². The van der Waals surface area contributed by atoms with Crippen molar-refractivity contribution >= 4 is 11.8 Å². The summed E-state index contributed by atoms with van der Waals surface area (Å²) in [6.45, 7) is 5.00. The van der Waals surface area contributed by atoms with Crippen LogP contribution >= 0.6 is 0 Å². The number of pyridine rings is 1. The van der Waals surface area contributed by atoms with Crippen molar-refractivity contribution in [3.63, 3.8) is 0 Å². The molecule has 0 atom stereocenters. The van der Waals surface area contributed by atoms with E-state index in [1.165, 1.54) is 18.3 Å². The fraction of sp³-hybridized carbons (Fsp3) is 0.533. The van der Waals surface area contributed by atoms with Crippen molar-refractivity contribution in [3.8, 4) is 0 Å². The fourth-order valence-electron chi connectivity index (χ4n) is 2.43. The highest BCUT2D eigenvalue weighted by molar-refractivity contribution is 5.94. The van der Waals surface area contributed by atoms with Gasteiger partial charge in [-0.3, -0.25) is 9.59 Å². The molecule has 0 saturated carbocycles. The highest BCUT2D eigenvalue weighted by Gasteiger charge is 2.25. The highest BCUT2D eigenvalue weighted by Crippen LogP contribution is 2.14. The number of halogens is 1. The summed E-state index contributed by atoms with van der Waals surface area (Å²) in [6, 6.07) is 2.91. The first kappa shape index (κ1) is 15.4. The second-order valence-corrected chi connectivity index (χ2v) is 5.57. The van der Waals surface area contributed by atoms with Crippen molar-refractivity contribution in [2.75, 3.05) is 13.1 Å². The summed E-state index contributed by atoms with van der Waals surface area (Å²) in [4.78, 5) is 29.1. The molecule has 6 heteroatoms. The van der Waals surface area contributed by atoms with Crippen LogP contribution in [0.4, 0.5) is 4.39 Å². The maximum Gasteiger partial charge on any atom is 0.256 e. The standard InChI is InChI=1S/C15H20FN3O2/c1-10(2)15(21)19-8-5-11(6-9-19)18-14(20)12-4-3-7-17-13(12)16/h3-4,7,10-11H,5-6,8-9H2,1-2H3,(H,18,20). The SMILES string of the molecule is CC(C)C(=O)N1CCC(NC(=O)c2cccnc2F)CC1. The Morgan fingerprint density at radius 3 is 2.62 bits per heavy atom. The Balaban J connectivity index is 1.88. The fourth-order valence-corrected chi connectivity index (χ4v) is 2.43. The molecule has 0 aromatic carbocycles. The van der Waals surface area contributed by atoms with Crippen LogP contribution in [-0.4, -0.2) is 40.8 Å². The van der Waals surface area contributed by atoms with Crippen LogP contribution in [0.15, 0.2) is 18.3 Å². The molecular weight excluding hydrogens is 273 g/mol. The molecule has 1 aliphatic heterocycles. The highest BCUT2D eigenvalue weighted by atomic mass is 19.1. The number of carbonyl (C=O) groups excluding carboxylic acids is 2. The second kappa shape index (κ2) is 6.65. The van der Waals surface area contributed by atoms with Gasteiger partial charge in [-0.1, -0.05) is 13.8 Å².